The summed E-state index contributed by atoms with van der Waals surface area (Å²) in [4.78, 5) is 42.7. The number of halogens is 1. The number of nitro groups is 1. The molecule has 0 radical (unpaired) electrons. The number of nitro benzene ring substituents is 1. The molecule has 3 aromatic rings. The van der Waals surface area contributed by atoms with Crippen molar-refractivity contribution < 1.29 is 19.2 Å². The summed E-state index contributed by atoms with van der Waals surface area (Å²) in [5.74, 6) is -0.554. The van der Waals surface area contributed by atoms with Crippen molar-refractivity contribution in [3.63, 3.8) is 0 Å². The number of hydrogen-bond donors (Lipinski definition) is 2. The number of nitrogens with zero attached hydrogens (tertiary/aromatic N) is 4. The fraction of sp³-hybridized carbons (Fsp3) is 0.276. The Kier molecular flexibility index (Phi) is 9.15. The number of amides is 2. The number of ether oxygens (including phenoxy) is 1. The lowest BCUT2D eigenvalue weighted by atomic mass is 10.1. The van der Waals surface area contributed by atoms with Crippen molar-refractivity contribution in [1.82, 2.24) is 10.2 Å². The van der Waals surface area contributed by atoms with Crippen molar-refractivity contribution in [3.05, 3.63) is 93.0 Å². The molecule has 2 N–H and O–H groups in total. The Hall–Kier alpha value is -4.26. The third kappa shape index (κ3) is 6.78. The van der Waals surface area contributed by atoms with E-state index in [0.717, 1.165) is 5.69 Å². The van der Waals surface area contributed by atoms with Crippen LogP contribution in [0.25, 0.3) is 0 Å². The number of carbonyl (C=O) groups excluding carboxylic acids is 2. The first-order valence-corrected chi connectivity index (χ1v) is 14.2. The normalized spacial score (nSPS) is 15.2. The van der Waals surface area contributed by atoms with Crippen LogP contribution in [0.5, 0.6) is 0 Å². The van der Waals surface area contributed by atoms with Gasteiger partial charge in [-0.15, -0.1) is 0 Å². The van der Waals surface area contributed by atoms with E-state index >= 15 is 0 Å². The molecule has 2 aliphatic heterocycles. The van der Waals surface area contributed by atoms with E-state index in [2.05, 4.69) is 15.5 Å². The number of carbonyl (C=O) groups is 2. The van der Waals surface area contributed by atoms with Crippen LogP contribution in [0.2, 0.25) is 5.02 Å². The van der Waals surface area contributed by atoms with Gasteiger partial charge in [-0.1, -0.05) is 29.8 Å². The van der Waals surface area contributed by atoms with E-state index in [0.29, 0.717) is 74.4 Å². The van der Waals surface area contributed by atoms with Crippen LogP contribution < -0.4 is 20.4 Å². The first-order valence-electron chi connectivity index (χ1n) is 13.4. The zero-order valence-corrected chi connectivity index (χ0v) is 24.2. The molecule has 0 spiro atoms. The molecule has 13 heteroatoms. The molecule has 2 fully saturated rings. The van der Waals surface area contributed by atoms with Gasteiger partial charge in [-0.05, 0) is 48.6 Å². The standard InChI is InChI=1S/C29H29ClN6O5S/c30-24-18-21(6-8-26(24)33-10-12-35(13-11-33)28(38)20-4-2-1-3-5-20)31-29(42)32-27(37)23-19-22(36(39)40)7-9-25(23)34-14-16-41-17-15-34/h1-9,18-19H,10-17H2,(H2,31,32,37,42). The number of non-ortho nitro benzene ring substituents is 1. The summed E-state index contributed by atoms with van der Waals surface area (Å²) in [5.41, 5.74) is 2.60. The summed E-state index contributed by atoms with van der Waals surface area (Å²) in [6.07, 6.45) is 0. The molecular weight excluding hydrogens is 580 g/mol. The van der Waals surface area contributed by atoms with Crippen molar-refractivity contribution >= 4 is 63.5 Å². The Labute approximate surface area is 253 Å². The predicted octanol–water partition coefficient (Wildman–Crippen LogP) is 4.17. The topological polar surface area (TPSA) is 120 Å². The number of anilines is 3. The van der Waals surface area contributed by atoms with Crippen LogP contribution in [0.4, 0.5) is 22.7 Å². The van der Waals surface area contributed by atoms with E-state index < -0.39 is 10.8 Å². The van der Waals surface area contributed by atoms with Crippen LogP contribution in [0, 0.1) is 10.1 Å². The van der Waals surface area contributed by atoms with Gasteiger partial charge in [0.2, 0.25) is 0 Å². The lowest BCUT2D eigenvalue weighted by Gasteiger charge is -2.36. The molecule has 3 aromatic carbocycles. The van der Waals surface area contributed by atoms with E-state index in [1.54, 1.807) is 18.2 Å². The summed E-state index contributed by atoms with van der Waals surface area (Å²) in [6, 6.07) is 18.8. The largest absolute Gasteiger partial charge is 0.378 e. The molecule has 0 unspecified atom stereocenters. The number of hydrogen-bond acceptors (Lipinski definition) is 8. The number of rotatable bonds is 6. The number of benzene rings is 3. The minimum atomic E-state index is -0.566. The van der Waals surface area contributed by atoms with Gasteiger partial charge in [-0.25, -0.2) is 0 Å². The quantitative estimate of drug-likeness (QED) is 0.241. The monoisotopic (exact) mass is 608 g/mol. The van der Waals surface area contributed by atoms with Gasteiger partial charge >= 0.3 is 0 Å². The highest BCUT2D eigenvalue weighted by Crippen LogP contribution is 2.30. The number of nitrogens with one attached hydrogen (secondary N) is 2. The zero-order chi connectivity index (χ0) is 29.6. The van der Waals surface area contributed by atoms with Gasteiger partial charge in [0.25, 0.3) is 17.5 Å². The molecule has 218 valence electrons. The molecule has 2 heterocycles. The SMILES string of the molecule is O=C(NC(=S)Nc1ccc(N2CCN(C(=O)c3ccccc3)CC2)c(Cl)c1)c1cc([N+](=O)[O-])ccc1N1CCOCC1. The van der Waals surface area contributed by atoms with E-state index in [9.17, 15) is 19.7 Å². The van der Waals surface area contributed by atoms with Gasteiger partial charge in [-0.3, -0.25) is 25.0 Å². The van der Waals surface area contributed by atoms with Crippen molar-refractivity contribution in [2.45, 2.75) is 0 Å². The van der Waals surface area contributed by atoms with Crippen molar-refractivity contribution in [1.29, 1.82) is 0 Å². The predicted molar refractivity (Wildman–Crippen MR) is 166 cm³/mol. The molecule has 0 bridgehead atoms. The highest BCUT2D eigenvalue weighted by atomic mass is 35.5. The molecule has 0 aromatic heterocycles. The first kappa shape index (κ1) is 29.2. The van der Waals surface area contributed by atoms with E-state index in [1.807, 2.05) is 46.2 Å². The summed E-state index contributed by atoms with van der Waals surface area (Å²) < 4.78 is 5.39. The van der Waals surface area contributed by atoms with Gasteiger partial charge in [0.15, 0.2) is 5.11 Å². The van der Waals surface area contributed by atoms with Crippen LogP contribution in [-0.2, 0) is 4.74 Å². The lowest BCUT2D eigenvalue weighted by molar-refractivity contribution is -0.384. The smallest absolute Gasteiger partial charge is 0.270 e. The summed E-state index contributed by atoms with van der Waals surface area (Å²) in [6.45, 7) is 4.53. The number of morpholine rings is 1. The van der Waals surface area contributed by atoms with Crippen LogP contribution in [0.1, 0.15) is 20.7 Å². The third-order valence-corrected chi connectivity index (χ3v) is 7.66. The van der Waals surface area contributed by atoms with E-state index in [1.165, 1.54) is 12.1 Å². The minimum Gasteiger partial charge on any atom is -0.378 e. The second kappa shape index (κ2) is 13.1. The van der Waals surface area contributed by atoms with Gasteiger partial charge < -0.3 is 24.8 Å². The minimum absolute atomic E-state index is 0.0126. The fourth-order valence-electron chi connectivity index (χ4n) is 4.99. The van der Waals surface area contributed by atoms with Crippen LogP contribution >= 0.6 is 23.8 Å². The molecule has 2 amide bonds. The van der Waals surface area contributed by atoms with Crippen LogP contribution in [0.3, 0.4) is 0 Å². The molecule has 11 nitrogen and oxygen atoms in total. The summed E-state index contributed by atoms with van der Waals surface area (Å²) in [7, 11) is 0. The van der Waals surface area contributed by atoms with Gasteiger partial charge in [-0.2, -0.15) is 0 Å². The molecule has 0 aliphatic carbocycles. The highest BCUT2D eigenvalue weighted by molar-refractivity contribution is 7.80. The van der Waals surface area contributed by atoms with Gasteiger partial charge in [0, 0.05) is 62.7 Å². The molecule has 2 saturated heterocycles. The van der Waals surface area contributed by atoms with E-state index in [4.69, 9.17) is 28.6 Å². The van der Waals surface area contributed by atoms with Crippen molar-refractivity contribution in [2.75, 3.05) is 67.6 Å². The third-order valence-electron chi connectivity index (χ3n) is 7.15. The Morgan fingerprint density at radius 2 is 1.55 bits per heavy atom. The zero-order valence-electron chi connectivity index (χ0n) is 22.6. The summed E-state index contributed by atoms with van der Waals surface area (Å²) in [5, 5.41) is 17.5. The lowest BCUT2D eigenvalue weighted by Crippen LogP contribution is -2.48. The Bertz CT molecular complexity index is 1490. The molecule has 0 atom stereocenters. The number of thiocarbonyl (C=S) groups is 1. The second-order valence-corrected chi connectivity index (χ2v) is 10.6. The van der Waals surface area contributed by atoms with E-state index in [-0.39, 0.29) is 22.3 Å². The molecule has 2 aliphatic rings. The highest BCUT2D eigenvalue weighted by Gasteiger charge is 2.25. The molecule has 0 saturated carbocycles. The average Bonchev–Trinajstić information content (AvgIpc) is 3.01. The maximum atomic E-state index is 13.2. The maximum Gasteiger partial charge on any atom is 0.270 e. The van der Waals surface area contributed by atoms with Crippen molar-refractivity contribution in [2.24, 2.45) is 0 Å². The first-order chi connectivity index (χ1) is 20.3. The van der Waals surface area contributed by atoms with Crippen molar-refractivity contribution in [3.8, 4) is 0 Å². The Balaban J connectivity index is 1.21. The fourth-order valence-corrected chi connectivity index (χ4v) is 5.50. The Morgan fingerprint density at radius 1 is 0.881 bits per heavy atom. The molecule has 5 rings (SSSR count). The van der Waals surface area contributed by atoms with Crippen LogP contribution in [0.15, 0.2) is 66.7 Å². The van der Waals surface area contributed by atoms with Gasteiger partial charge in [0.1, 0.15) is 0 Å². The van der Waals surface area contributed by atoms with Gasteiger partial charge in [0.05, 0.1) is 40.1 Å². The average molecular weight is 609 g/mol. The Morgan fingerprint density at radius 3 is 2.21 bits per heavy atom. The second-order valence-electron chi connectivity index (χ2n) is 9.78. The summed E-state index contributed by atoms with van der Waals surface area (Å²) >= 11 is 12.0. The maximum absolute atomic E-state index is 13.2. The molecular formula is C29H29ClN6O5S. The molecule has 42 heavy (non-hydrogen) atoms. The number of piperazine rings is 1. The van der Waals surface area contributed by atoms with Crippen LogP contribution in [-0.4, -0.2) is 79.2 Å².